The number of nitrogens with one attached hydrogen (secondary N) is 1. The molecule has 0 spiro atoms. The van der Waals surface area contributed by atoms with Crippen molar-refractivity contribution in [2.75, 3.05) is 23.3 Å². The maximum atomic E-state index is 13.4. The van der Waals surface area contributed by atoms with Gasteiger partial charge in [-0.15, -0.1) is 0 Å². The van der Waals surface area contributed by atoms with E-state index in [1.165, 1.54) is 39.9 Å². The van der Waals surface area contributed by atoms with Gasteiger partial charge in [-0.2, -0.15) is 9.78 Å². The summed E-state index contributed by atoms with van der Waals surface area (Å²) in [6, 6.07) is 21.0. The zero-order chi connectivity index (χ0) is 27.1. The lowest BCUT2D eigenvalue weighted by Gasteiger charge is -2.30. The summed E-state index contributed by atoms with van der Waals surface area (Å²) in [6.45, 7) is 2.25. The summed E-state index contributed by atoms with van der Waals surface area (Å²) >= 11 is 1.44. The fraction of sp³-hybridized carbons (Fsp3) is 0.179. The van der Waals surface area contributed by atoms with Gasteiger partial charge in [-0.05, 0) is 67.8 Å². The highest BCUT2D eigenvalue weighted by molar-refractivity contribution is 7.92. The van der Waals surface area contributed by atoms with Crippen LogP contribution in [0.2, 0.25) is 0 Å². The van der Waals surface area contributed by atoms with Crippen molar-refractivity contribution in [3.63, 3.8) is 0 Å². The molecule has 0 bridgehead atoms. The molecule has 3 heterocycles. The Morgan fingerprint density at radius 3 is 2.64 bits per heavy atom. The van der Waals surface area contributed by atoms with Crippen LogP contribution in [0.1, 0.15) is 28.0 Å². The quantitative estimate of drug-likeness (QED) is 0.307. The second-order valence-electron chi connectivity index (χ2n) is 9.20. The third-order valence-corrected chi connectivity index (χ3v) is 9.45. The van der Waals surface area contributed by atoms with E-state index < -0.39 is 10.0 Å². The van der Waals surface area contributed by atoms with E-state index in [1.807, 2.05) is 49.4 Å². The number of hydrogen-bond acceptors (Lipinski definition) is 7. The number of para-hydroxylation sites is 1. The number of benzene rings is 3. The average Bonchev–Trinajstić information content (AvgIpc) is 3.54. The number of hydrogen-bond donors (Lipinski definition) is 1. The van der Waals surface area contributed by atoms with Crippen LogP contribution < -0.4 is 14.4 Å². The Hall–Kier alpha value is -4.22. The molecule has 1 aliphatic heterocycles. The van der Waals surface area contributed by atoms with Crippen molar-refractivity contribution >= 4 is 49.0 Å². The molecule has 6 rings (SSSR count). The van der Waals surface area contributed by atoms with Crippen molar-refractivity contribution in [1.82, 2.24) is 14.8 Å². The number of nitrogens with zero attached hydrogens (tertiary/aromatic N) is 4. The molecule has 0 unspecified atom stereocenters. The van der Waals surface area contributed by atoms with Crippen molar-refractivity contribution in [2.45, 2.75) is 24.7 Å². The van der Waals surface area contributed by atoms with E-state index in [9.17, 15) is 13.2 Å². The Kier molecular flexibility index (Phi) is 6.32. The predicted octanol–water partition coefficient (Wildman–Crippen LogP) is 5.19. The SMILES string of the molecule is COc1ccc2sc(-n3nc(C)cc3NC(=O)c3ccc(S(=O)(=O)N4CCCc5ccccc54)cc3)nc2c1. The minimum atomic E-state index is -3.76. The van der Waals surface area contributed by atoms with Crippen LogP contribution in [0.15, 0.2) is 77.7 Å². The molecule has 2 aromatic heterocycles. The first-order valence-corrected chi connectivity index (χ1v) is 14.6. The molecule has 0 atom stereocenters. The summed E-state index contributed by atoms with van der Waals surface area (Å²) in [5.74, 6) is 0.788. The van der Waals surface area contributed by atoms with Crippen molar-refractivity contribution in [1.29, 1.82) is 0 Å². The molecule has 0 saturated carbocycles. The van der Waals surface area contributed by atoms with Gasteiger partial charge in [0.15, 0.2) is 0 Å². The zero-order valence-corrected chi connectivity index (χ0v) is 22.9. The summed E-state index contributed by atoms with van der Waals surface area (Å²) in [6.07, 6.45) is 1.61. The highest BCUT2D eigenvalue weighted by Gasteiger charge is 2.29. The first-order chi connectivity index (χ1) is 18.8. The normalized spacial score (nSPS) is 13.3. The van der Waals surface area contributed by atoms with Crippen molar-refractivity contribution in [2.24, 2.45) is 0 Å². The van der Waals surface area contributed by atoms with Crippen LogP contribution >= 0.6 is 11.3 Å². The molecule has 0 radical (unpaired) electrons. The van der Waals surface area contributed by atoms with Gasteiger partial charge in [0.05, 0.1) is 33.6 Å². The lowest BCUT2D eigenvalue weighted by molar-refractivity contribution is 0.102. The molecule has 5 aromatic rings. The van der Waals surface area contributed by atoms with Crippen LogP contribution in [0, 0.1) is 6.92 Å². The van der Waals surface area contributed by atoms with Crippen LogP contribution in [0.25, 0.3) is 15.3 Å². The van der Waals surface area contributed by atoms with E-state index in [4.69, 9.17) is 4.74 Å². The van der Waals surface area contributed by atoms with Gasteiger partial charge in [0, 0.05) is 24.2 Å². The molecule has 0 fully saturated rings. The van der Waals surface area contributed by atoms with Crippen molar-refractivity contribution in [3.05, 3.63) is 89.6 Å². The molecule has 9 nitrogen and oxygen atoms in total. The molecule has 0 saturated heterocycles. The summed E-state index contributed by atoms with van der Waals surface area (Å²) in [5, 5.41) is 8.01. The fourth-order valence-corrected chi connectivity index (χ4v) is 7.14. The molecule has 1 N–H and O–H groups in total. The molecular formula is C28H25N5O4S2. The van der Waals surface area contributed by atoms with Crippen LogP contribution in [0.3, 0.4) is 0 Å². The van der Waals surface area contributed by atoms with Gasteiger partial charge in [-0.25, -0.2) is 13.4 Å². The first-order valence-electron chi connectivity index (χ1n) is 12.4. The summed E-state index contributed by atoms with van der Waals surface area (Å²) in [4.78, 5) is 17.9. The average molecular weight is 560 g/mol. The minimum Gasteiger partial charge on any atom is -0.497 e. The van der Waals surface area contributed by atoms with Gasteiger partial charge in [0.1, 0.15) is 11.6 Å². The molecule has 3 aromatic carbocycles. The number of methoxy groups -OCH3 is 1. The second kappa shape index (κ2) is 9.83. The molecule has 11 heteroatoms. The summed E-state index contributed by atoms with van der Waals surface area (Å²) < 4.78 is 36.2. The Morgan fingerprint density at radius 1 is 1.05 bits per heavy atom. The van der Waals surface area contributed by atoms with Gasteiger partial charge in [-0.1, -0.05) is 29.5 Å². The highest BCUT2D eigenvalue weighted by atomic mass is 32.2. The maximum Gasteiger partial charge on any atom is 0.264 e. The van der Waals surface area contributed by atoms with Gasteiger partial charge in [0.2, 0.25) is 5.13 Å². The minimum absolute atomic E-state index is 0.140. The molecule has 1 amide bonds. The number of rotatable bonds is 6. The van der Waals surface area contributed by atoms with Gasteiger partial charge >= 0.3 is 0 Å². The highest BCUT2D eigenvalue weighted by Crippen LogP contribution is 2.32. The third-order valence-electron chi connectivity index (χ3n) is 6.61. The Balaban J connectivity index is 1.24. The lowest BCUT2D eigenvalue weighted by atomic mass is 10.0. The zero-order valence-electron chi connectivity index (χ0n) is 21.3. The van der Waals surface area contributed by atoms with E-state index in [0.29, 0.717) is 40.2 Å². The lowest BCUT2D eigenvalue weighted by Crippen LogP contribution is -2.35. The van der Waals surface area contributed by atoms with Crippen molar-refractivity contribution < 1.29 is 17.9 Å². The number of anilines is 2. The largest absolute Gasteiger partial charge is 0.497 e. The van der Waals surface area contributed by atoms with E-state index in [1.54, 1.807) is 17.9 Å². The number of aromatic nitrogens is 3. The fourth-order valence-electron chi connectivity index (χ4n) is 4.69. The molecular weight excluding hydrogens is 534 g/mol. The van der Waals surface area contributed by atoms with E-state index in [2.05, 4.69) is 15.4 Å². The predicted molar refractivity (Wildman–Crippen MR) is 152 cm³/mol. The van der Waals surface area contributed by atoms with E-state index in [-0.39, 0.29) is 10.8 Å². The Bertz CT molecular complexity index is 1810. The van der Waals surface area contributed by atoms with Gasteiger partial charge in [0.25, 0.3) is 15.9 Å². The van der Waals surface area contributed by atoms with Crippen LogP contribution in [-0.2, 0) is 16.4 Å². The number of sulfonamides is 1. The summed E-state index contributed by atoms with van der Waals surface area (Å²) in [7, 11) is -2.16. The van der Waals surface area contributed by atoms with E-state index in [0.717, 1.165) is 28.6 Å². The number of carbonyl (C=O) groups is 1. The number of amides is 1. The maximum absolute atomic E-state index is 13.4. The van der Waals surface area contributed by atoms with Gasteiger partial charge in [-0.3, -0.25) is 9.10 Å². The van der Waals surface area contributed by atoms with Crippen LogP contribution in [-0.4, -0.2) is 42.7 Å². The number of ether oxygens (including phenoxy) is 1. The topological polar surface area (TPSA) is 106 Å². The number of fused-ring (bicyclic) bond motifs is 2. The first kappa shape index (κ1) is 25.1. The van der Waals surface area contributed by atoms with E-state index >= 15 is 0 Å². The molecule has 39 heavy (non-hydrogen) atoms. The monoisotopic (exact) mass is 559 g/mol. The standard InChI is InChI=1S/C28H25N5O4S2/c1-18-16-26(33(31-18)28-29-23-17-21(37-2)11-14-25(23)38-28)30-27(34)20-9-12-22(13-10-20)39(35,36)32-15-5-7-19-6-3-4-8-24(19)32/h3-4,6,8-14,16-17H,5,7,15H2,1-2H3,(H,30,34). The number of carbonyl (C=O) groups excluding carboxylic acids is 1. The van der Waals surface area contributed by atoms with Gasteiger partial charge < -0.3 is 10.1 Å². The number of aryl methyl sites for hydroxylation is 2. The third kappa shape index (κ3) is 4.64. The van der Waals surface area contributed by atoms with Crippen LogP contribution in [0.4, 0.5) is 11.5 Å². The Morgan fingerprint density at radius 2 is 1.85 bits per heavy atom. The van der Waals surface area contributed by atoms with Crippen LogP contribution in [0.5, 0.6) is 5.75 Å². The number of thiazole rings is 1. The smallest absolute Gasteiger partial charge is 0.264 e. The van der Waals surface area contributed by atoms with Crippen molar-refractivity contribution in [3.8, 4) is 10.9 Å². The molecule has 198 valence electrons. The second-order valence-corrected chi connectivity index (χ2v) is 12.1. The summed E-state index contributed by atoms with van der Waals surface area (Å²) in [5.41, 5.74) is 3.54. The molecule has 1 aliphatic rings. The molecule has 0 aliphatic carbocycles. The Labute approximate surface area is 229 Å².